The normalized spacial score (nSPS) is 15.9. The lowest BCUT2D eigenvalue weighted by molar-refractivity contribution is 0.0101. The Hall–Kier alpha value is -1.01. The van der Waals surface area contributed by atoms with E-state index < -0.39 is 0 Å². The molecule has 7 heteroatoms. The molecule has 1 aromatic rings. The number of hydrogen-bond acceptors (Lipinski definition) is 3. The number of aliphatic hydroxyl groups excluding tert-OH is 1. The summed E-state index contributed by atoms with van der Waals surface area (Å²) in [5.41, 5.74) is 0.626. The second-order valence-electron chi connectivity index (χ2n) is 5.19. The molecule has 1 aliphatic heterocycles. The van der Waals surface area contributed by atoms with E-state index in [1.165, 1.54) is 0 Å². The van der Waals surface area contributed by atoms with E-state index in [0.29, 0.717) is 41.8 Å². The minimum atomic E-state index is -0.146. The van der Waals surface area contributed by atoms with Crippen molar-refractivity contribution in [1.82, 2.24) is 4.90 Å². The Labute approximate surface area is 140 Å². The van der Waals surface area contributed by atoms with Crippen molar-refractivity contribution in [3.8, 4) is 0 Å². The van der Waals surface area contributed by atoms with Crippen molar-refractivity contribution in [2.75, 3.05) is 31.6 Å². The van der Waals surface area contributed by atoms with Gasteiger partial charge >= 0.3 is 6.03 Å². The van der Waals surface area contributed by atoms with E-state index in [9.17, 15) is 4.79 Å². The summed E-state index contributed by atoms with van der Waals surface area (Å²) in [6, 6.07) is 4.86. The van der Waals surface area contributed by atoms with Gasteiger partial charge in [-0.25, -0.2) is 4.79 Å². The maximum atomic E-state index is 12.2. The standard InChI is InChI=1S/C15H20Cl2N2O3/c16-13-3-2-11(10-14(13)17)18-15(21)19-6-4-12(5-7-19)22-9-1-8-20/h2-3,10,12,20H,1,4-9H2,(H,18,21). The molecule has 0 atom stereocenters. The van der Waals surface area contributed by atoms with Crippen molar-refractivity contribution in [2.24, 2.45) is 0 Å². The number of carbonyl (C=O) groups is 1. The van der Waals surface area contributed by atoms with Crippen LogP contribution in [0.1, 0.15) is 19.3 Å². The highest BCUT2D eigenvalue weighted by Gasteiger charge is 2.23. The van der Waals surface area contributed by atoms with Gasteiger partial charge in [-0.1, -0.05) is 23.2 Å². The lowest BCUT2D eigenvalue weighted by Gasteiger charge is -2.32. The number of carbonyl (C=O) groups excluding carboxylic acids is 1. The number of benzene rings is 1. The highest BCUT2D eigenvalue weighted by atomic mass is 35.5. The first-order valence-corrected chi connectivity index (χ1v) is 8.09. The molecule has 0 aromatic heterocycles. The number of hydrogen-bond donors (Lipinski definition) is 2. The van der Waals surface area contributed by atoms with Crippen molar-refractivity contribution < 1.29 is 14.6 Å². The molecule has 1 heterocycles. The van der Waals surface area contributed by atoms with Crippen LogP contribution in [-0.2, 0) is 4.74 Å². The molecule has 2 N–H and O–H groups in total. The Bertz CT molecular complexity index is 506. The number of halogens is 2. The summed E-state index contributed by atoms with van der Waals surface area (Å²) in [7, 11) is 0. The largest absolute Gasteiger partial charge is 0.396 e. The lowest BCUT2D eigenvalue weighted by atomic mass is 10.1. The molecule has 0 radical (unpaired) electrons. The van der Waals surface area contributed by atoms with Gasteiger partial charge in [0.25, 0.3) is 0 Å². The van der Waals surface area contributed by atoms with Gasteiger partial charge in [0, 0.05) is 32.0 Å². The first-order valence-electron chi connectivity index (χ1n) is 7.33. The maximum Gasteiger partial charge on any atom is 0.321 e. The van der Waals surface area contributed by atoms with Crippen LogP contribution in [0.5, 0.6) is 0 Å². The molecule has 0 saturated carbocycles. The van der Waals surface area contributed by atoms with Crippen LogP contribution in [0.3, 0.4) is 0 Å². The summed E-state index contributed by atoms with van der Waals surface area (Å²) in [6.07, 6.45) is 2.43. The Kier molecular flexibility index (Phi) is 6.76. The molecule has 1 saturated heterocycles. The molecule has 1 fully saturated rings. The number of likely N-dealkylation sites (tertiary alicyclic amines) is 1. The third-order valence-electron chi connectivity index (χ3n) is 3.56. The monoisotopic (exact) mass is 346 g/mol. The molecule has 0 bridgehead atoms. The Balaban J connectivity index is 1.78. The summed E-state index contributed by atoms with van der Waals surface area (Å²) >= 11 is 11.8. The van der Waals surface area contributed by atoms with Gasteiger partial charge < -0.3 is 20.1 Å². The minimum absolute atomic E-state index is 0.144. The van der Waals surface area contributed by atoms with Crippen LogP contribution in [0.15, 0.2) is 18.2 Å². The number of ether oxygens (including phenoxy) is 1. The molecule has 0 aliphatic carbocycles. The van der Waals surface area contributed by atoms with Crippen molar-refractivity contribution in [1.29, 1.82) is 0 Å². The fourth-order valence-corrected chi connectivity index (χ4v) is 2.61. The zero-order valence-corrected chi connectivity index (χ0v) is 13.7. The van der Waals surface area contributed by atoms with Gasteiger partial charge in [-0.15, -0.1) is 0 Å². The Morgan fingerprint density at radius 1 is 1.32 bits per heavy atom. The minimum Gasteiger partial charge on any atom is -0.396 e. The number of urea groups is 1. The average Bonchev–Trinajstić information content (AvgIpc) is 2.52. The summed E-state index contributed by atoms with van der Waals surface area (Å²) in [5, 5.41) is 12.4. The first kappa shape index (κ1) is 17.3. The third kappa shape index (κ3) is 5.02. The van der Waals surface area contributed by atoms with E-state index in [-0.39, 0.29) is 18.7 Å². The zero-order chi connectivity index (χ0) is 15.9. The van der Waals surface area contributed by atoms with E-state index in [4.69, 9.17) is 33.0 Å². The van der Waals surface area contributed by atoms with E-state index in [0.717, 1.165) is 12.8 Å². The van der Waals surface area contributed by atoms with Gasteiger partial charge in [0.1, 0.15) is 0 Å². The molecule has 2 amide bonds. The van der Waals surface area contributed by atoms with E-state index in [1.807, 2.05) is 0 Å². The predicted octanol–water partition coefficient (Wildman–Crippen LogP) is 3.39. The van der Waals surface area contributed by atoms with Crippen molar-refractivity contribution in [3.63, 3.8) is 0 Å². The number of rotatable bonds is 5. The third-order valence-corrected chi connectivity index (χ3v) is 4.30. The van der Waals surface area contributed by atoms with Crippen molar-refractivity contribution in [2.45, 2.75) is 25.4 Å². The second-order valence-corrected chi connectivity index (χ2v) is 6.01. The van der Waals surface area contributed by atoms with E-state index in [2.05, 4.69) is 5.32 Å². The molecule has 5 nitrogen and oxygen atoms in total. The maximum absolute atomic E-state index is 12.2. The van der Waals surface area contributed by atoms with Crippen LogP contribution in [0.4, 0.5) is 10.5 Å². The molecule has 0 spiro atoms. The van der Waals surface area contributed by atoms with Gasteiger partial charge in [-0.05, 0) is 37.5 Å². The summed E-state index contributed by atoms with van der Waals surface area (Å²) < 4.78 is 5.65. The van der Waals surface area contributed by atoms with E-state index in [1.54, 1.807) is 23.1 Å². The lowest BCUT2D eigenvalue weighted by Crippen LogP contribution is -2.43. The number of nitrogens with zero attached hydrogens (tertiary/aromatic N) is 1. The fourth-order valence-electron chi connectivity index (χ4n) is 2.32. The van der Waals surface area contributed by atoms with Crippen LogP contribution in [0.2, 0.25) is 10.0 Å². The molecule has 22 heavy (non-hydrogen) atoms. The zero-order valence-electron chi connectivity index (χ0n) is 12.2. The Morgan fingerprint density at radius 3 is 2.68 bits per heavy atom. The number of amides is 2. The molecule has 0 unspecified atom stereocenters. The van der Waals surface area contributed by atoms with Gasteiger partial charge in [-0.2, -0.15) is 0 Å². The van der Waals surface area contributed by atoms with Crippen LogP contribution in [-0.4, -0.2) is 48.4 Å². The molecule has 122 valence electrons. The quantitative estimate of drug-likeness (QED) is 0.803. The number of piperidine rings is 1. The number of nitrogens with one attached hydrogen (secondary N) is 1. The van der Waals surface area contributed by atoms with Gasteiger partial charge in [0.05, 0.1) is 16.1 Å². The van der Waals surface area contributed by atoms with Crippen LogP contribution in [0.25, 0.3) is 0 Å². The molecular weight excluding hydrogens is 327 g/mol. The average molecular weight is 347 g/mol. The highest BCUT2D eigenvalue weighted by Crippen LogP contribution is 2.25. The van der Waals surface area contributed by atoms with Crippen LogP contribution < -0.4 is 5.32 Å². The topological polar surface area (TPSA) is 61.8 Å². The summed E-state index contributed by atoms with van der Waals surface area (Å²) in [5.74, 6) is 0. The number of anilines is 1. The SMILES string of the molecule is O=C(Nc1ccc(Cl)c(Cl)c1)N1CCC(OCCCO)CC1. The first-order chi connectivity index (χ1) is 10.6. The van der Waals surface area contributed by atoms with Gasteiger partial charge in [0.15, 0.2) is 0 Å². The second kappa shape index (κ2) is 8.58. The Morgan fingerprint density at radius 2 is 2.05 bits per heavy atom. The molecule has 2 rings (SSSR count). The number of aliphatic hydroxyl groups is 1. The van der Waals surface area contributed by atoms with Crippen LogP contribution >= 0.6 is 23.2 Å². The van der Waals surface area contributed by atoms with Crippen molar-refractivity contribution >= 4 is 34.9 Å². The van der Waals surface area contributed by atoms with E-state index >= 15 is 0 Å². The van der Waals surface area contributed by atoms with Gasteiger partial charge in [0.2, 0.25) is 0 Å². The summed E-state index contributed by atoms with van der Waals surface area (Å²) in [4.78, 5) is 14.0. The van der Waals surface area contributed by atoms with Crippen molar-refractivity contribution in [3.05, 3.63) is 28.2 Å². The smallest absolute Gasteiger partial charge is 0.321 e. The van der Waals surface area contributed by atoms with Gasteiger partial charge in [-0.3, -0.25) is 0 Å². The molecule has 1 aromatic carbocycles. The fraction of sp³-hybridized carbons (Fsp3) is 0.533. The van der Waals surface area contributed by atoms with Crippen LogP contribution in [0, 0.1) is 0 Å². The molecule has 1 aliphatic rings. The highest BCUT2D eigenvalue weighted by molar-refractivity contribution is 6.42. The molecular formula is C15H20Cl2N2O3. The predicted molar refractivity (Wildman–Crippen MR) is 87.7 cm³/mol. The summed E-state index contributed by atoms with van der Waals surface area (Å²) in [6.45, 7) is 2.01.